The molecule has 0 aromatic heterocycles. The Morgan fingerprint density at radius 3 is 2.53 bits per heavy atom. The van der Waals surface area contributed by atoms with Crippen molar-refractivity contribution >= 4 is 23.6 Å². The summed E-state index contributed by atoms with van der Waals surface area (Å²) in [5, 5.41) is 0.521. The van der Waals surface area contributed by atoms with Crippen molar-refractivity contribution in [1.29, 1.82) is 0 Å². The van der Waals surface area contributed by atoms with E-state index in [1.807, 2.05) is 23.1 Å². The van der Waals surface area contributed by atoms with E-state index in [4.69, 9.17) is 21.1 Å². The molecule has 0 aliphatic carbocycles. The highest BCUT2D eigenvalue weighted by Crippen LogP contribution is 2.39. The first-order chi connectivity index (χ1) is 15.6. The molecule has 2 aliphatic heterocycles. The second-order valence-electron chi connectivity index (χ2n) is 8.26. The van der Waals surface area contributed by atoms with E-state index < -0.39 is 0 Å². The van der Waals surface area contributed by atoms with Crippen molar-refractivity contribution in [3.63, 3.8) is 0 Å². The first-order valence-electron chi connectivity index (χ1n) is 10.8. The first-order valence-corrected chi connectivity index (χ1v) is 11.2. The molecule has 3 aromatic carbocycles. The van der Waals surface area contributed by atoms with Gasteiger partial charge >= 0.3 is 0 Å². The molecule has 1 amide bonds. The quantitative estimate of drug-likeness (QED) is 0.489. The van der Waals surface area contributed by atoms with Crippen LogP contribution in [0.5, 0.6) is 11.5 Å². The molecule has 0 radical (unpaired) electrons. The van der Waals surface area contributed by atoms with Crippen molar-refractivity contribution in [3.8, 4) is 22.6 Å². The lowest BCUT2D eigenvalue weighted by Gasteiger charge is -2.42. The third-order valence-electron chi connectivity index (χ3n) is 6.29. The third kappa shape index (κ3) is 3.87. The number of amides is 1. The number of nitrogens with zero attached hydrogens (tertiary/aromatic N) is 1. The van der Waals surface area contributed by atoms with Gasteiger partial charge in [-0.2, -0.15) is 0 Å². The van der Waals surface area contributed by atoms with E-state index in [1.165, 1.54) is 11.1 Å². The lowest BCUT2D eigenvalue weighted by molar-refractivity contribution is 0.0328. The molecule has 162 valence electrons. The molecule has 2 aliphatic rings. The number of fused-ring (bicyclic) bond motifs is 1. The second kappa shape index (κ2) is 8.36. The molecule has 0 N–H and O–H groups in total. The number of ether oxygens (including phenoxy) is 2. The van der Waals surface area contributed by atoms with Gasteiger partial charge in [-0.05, 0) is 47.5 Å². The number of hydrogen-bond donors (Lipinski definition) is 0. The Hall–Kier alpha value is -3.24. The Morgan fingerprint density at radius 2 is 1.78 bits per heavy atom. The molecule has 4 nitrogen and oxygen atoms in total. The normalized spacial score (nSPS) is 16.4. The zero-order chi connectivity index (χ0) is 22.1. The molecule has 2 heterocycles. The van der Waals surface area contributed by atoms with E-state index in [9.17, 15) is 4.79 Å². The van der Waals surface area contributed by atoms with Crippen LogP contribution in [0.3, 0.4) is 0 Å². The molecule has 5 heteroatoms. The highest BCUT2D eigenvalue weighted by Gasteiger charge is 2.38. The van der Waals surface area contributed by atoms with Gasteiger partial charge in [-0.1, -0.05) is 54.1 Å². The molecule has 3 aromatic rings. The molecule has 1 saturated heterocycles. The van der Waals surface area contributed by atoms with Gasteiger partial charge < -0.3 is 14.4 Å². The lowest BCUT2D eigenvalue weighted by atomic mass is 9.87. The standard InChI is InChI=1S/C27H24ClNO3/c1-31-25-10-8-22(28)18-23(25)26(30)29-15-13-27(14-16-29)12-11-21-17-20(7-9-24(21)32-27)19-5-3-2-4-6-19/h2-12,17-18H,13-16H2,1H3. The van der Waals surface area contributed by atoms with Gasteiger partial charge in [0.25, 0.3) is 5.91 Å². The number of methoxy groups -OCH3 is 1. The van der Waals surface area contributed by atoms with Gasteiger partial charge in [0, 0.05) is 36.5 Å². The van der Waals surface area contributed by atoms with Crippen molar-refractivity contribution in [3.05, 3.63) is 89.0 Å². The van der Waals surface area contributed by atoms with Crippen LogP contribution in [0.2, 0.25) is 5.02 Å². The number of rotatable bonds is 3. The van der Waals surface area contributed by atoms with E-state index in [0.29, 0.717) is 29.4 Å². The summed E-state index contributed by atoms with van der Waals surface area (Å²) < 4.78 is 11.8. The van der Waals surface area contributed by atoms with Crippen molar-refractivity contribution < 1.29 is 14.3 Å². The highest BCUT2D eigenvalue weighted by molar-refractivity contribution is 6.31. The summed E-state index contributed by atoms with van der Waals surface area (Å²) in [6, 6.07) is 21.8. The summed E-state index contributed by atoms with van der Waals surface area (Å²) in [7, 11) is 1.56. The van der Waals surface area contributed by atoms with Crippen LogP contribution in [-0.4, -0.2) is 36.6 Å². The summed E-state index contributed by atoms with van der Waals surface area (Å²) in [6.45, 7) is 1.21. The maximum absolute atomic E-state index is 13.1. The number of hydrogen-bond acceptors (Lipinski definition) is 3. The number of likely N-dealkylation sites (tertiary alicyclic amines) is 1. The van der Waals surface area contributed by atoms with Gasteiger partial charge in [-0.3, -0.25) is 4.79 Å². The number of halogens is 1. The molecule has 32 heavy (non-hydrogen) atoms. The largest absolute Gasteiger partial charge is 0.496 e. The molecular weight excluding hydrogens is 422 g/mol. The Bertz CT molecular complexity index is 1180. The Balaban J connectivity index is 1.31. The topological polar surface area (TPSA) is 38.8 Å². The SMILES string of the molecule is COc1ccc(Cl)cc1C(=O)N1CCC2(C=Cc3cc(-c4ccccc4)ccc3O2)CC1. The summed E-state index contributed by atoms with van der Waals surface area (Å²) >= 11 is 6.12. The fourth-order valence-corrected chi connectivity index (χ4v) is 4.62. The number of carbonyl (C=O) groups is 1. The summed E-state index contributed by atoms with van der Waals surface area (Å²) in [6.07, 6.45) is 5.78. The zero-order valence-electron chi connectivity index (χ0n) is 17.9. The Labute approximate surface area is 193 Å². The fourth-order valence-electron chi connectivity index (χ4n) is 4.45. The fraction of sp³-hybridized carbons (Fsp3) is 0.222. The van der Waals surface area contributed by atoms with E-state index in [1.54, 1.807) is 25.3 Å². The van der Waals surface area contributed by atoms with Crippen molar-refractivity contribution in [2.45, 2.75) is 18.4 Å². The molecule has 5 rings (SSSR count). The van der Waals surface area contributed by atoms with Crippen LogP contribution in [0.1, 0.15) is 28.8 Å². The van der Waals surface area contributed by atoms with Crippen LogP contribution in [0.15, 0.2) is 72.8 Å². The average molecular weight is 446 g/mol. The van der Waals surface area contributed by atoms with Crippen LogP contribution in [0, 0.1) is 0 Å². The van der Waals surface area contributed by atoms with E-state index >= 15 is 0 Å². The van der Waals surface area contributed by atoms with E-state index in [-0.39, 0.29) is 11.5 Å². The number of carbonyl (C=O) groups excluding carboxylic acids is 1. The van der Waals surface area contributed by atoms with Gasteiger partial charge in [0.05, 0.1) is 12.7 Å². The minimum Gasteiger partial charge on any atom is -0.496 e. The van der Waals surface area contributed by atoms with Gasteiger partial charge in [0.1, 0.15) is 17.1 Å². The minimum atomic E-state index is -0.379. The smallest absolute Gasteiger partial charge is 0.257 e. The molecule has 0 bridgehead atoms. The van der Waals surface area contributed by atoms with E-state index in [2.05, 4.69) is 42.5 Å². The van der Waals surface area contributed by atoms with Crippen LogP contribution < -0.4 is 9.47 Å². The zero-order valence-corrected chi connectivity index (χ0v) is 18.6. The first kappa shape index (κ1) is 20.7. The predicted octanol–water partition coefficient (Wildman–Crippen LogP) is 6.10. The summed E-state index contributed by atoms with van der Waals surface area (Å²) in [5.74, 6) is 1.37. The molecule has 0 atom stereocenters. The lowest BCUT2D eigenvalue weighted by Crippen LogP contribution is -2.49. The van der Waals surface area contributed by atoms with Crippen LogP contribution in [0.25, 0.3) is 17.2 Å². The predicted molar refractivity (Wildman–Crippen MR) is 127 cm³/mol. The third-order valence-corrected chi connectivity index (χ3v) is 6.52. The number of piperidine rings is 1. The summed E-state index contributed by atoms with van der Waals surface area (Å²) in [4.78, 5) is 15.0. The molecular formula is C27H24ClNO3. The van der Waals surface area contributed by atoms with Crippen LogP contribution in [0.4, 0.5) is 0 Å². The average Bonchev–Trinajstić information content (AvgIpc) is 2.84. The van der Waals surface area contributed by atoms with Gasteiger partial charge in [0.15, 0.2) is 0 Å². The number of benzene rings is 3. The van der Waals surface area contributed by atoms with Crippen molar-refractivity contribution in [1.82, 2.24) is 4.90 Å². The molecule has 0 saturated carbocycles. The molecule has 0 unspecified atom stereocenters. The van der Waals surface area contributed by atoms with E-state index in [0.717, 1.165) is 24.2 Å². The van der Waals surface area contributed by atoms with Gasteiger partial charge in [-0.15, -0.1) is 0 Å². The molecule has 1 spiro atoms. The second-order valence-corrected chi connectivity index (χ2v) is 8.69. The van der Waals surface area contributed by atoms with Crippen molar-refractivity contribution in [2.75, 3.05) is 20.2 Å². The highest BCUT2D eigenvalue weighted by atomic mass is 35.5. The van der Waals surface area contributed by atoms with Crippen molar-refractivity contribution in [2.24, 2.45) is 0 Å². The Morgan fingerprint density at radius 1 is 1.00 bits per heavy atom. The summed E-state index contributed by atoms with van der Waals surface area (Å²) in [5.41, 5.74) is 3.56. The minimum absolute atomic E-state index is 0.0631. The maximum atomic E-state index is 13.1. The van der Waals surface area contributed by atoms with Gasteiger partial charge in [0.2, 0.25) is 0 Å². The van der Waals surface area contributed by atoms with Gasteiger partial charge in [-0.25, -0.2) is 0 Å². The maximum Gasteiger partial charge on any atom is 0.257 e. The monoisotopic (exact) mass is 445 g/mol. The van der Waals surface area contributed by atoms with Crippen LogP contribution >= 0.6 is 11.6 Å². The van der Waals surface area contributed by atoms with Crippen LogP contribution in [-0.2, 0) is 0 Å². The Kier molecular flexibility index (Phi) is 5.40. The molecule has 1 fully saturated rings.